The van der Waals surface area contributed by atoms with E-state index in [2.05, 4.69) is 6.92 Å². The van der Waals surface area contributed by atoms with E-state index in [4.69, 9.17) is 10.3 Å². The summed E-state index contributed by atoms with van der Waals surface area (Å²) in [6.45, 7) is 2.76. The number of hydrogen-bond acceptors (Lipinski definition) is 3. The quantitative estimate of drug-likeness (QED) is 0.444. The van der Waals surface area contributed by atoms with E-state index in [0.29, 0.717) is 19.4 Å². The summed E-state index contributed by atoms with van der Waals surface area (Å²) in [7, 11) is -3.87. The highest BCUT2D eigenvalue weighted by Gasteiger charge is 2.21. The van der Waals surface area contributed by atoms with Crippen molar-refractivity contribution in [2.24, 2.45) is 5.73 Å². The van der Waals surface area contributed by atoms with Crippen molar-refractivity contribution < 1.29 is 13.0 Å². The van der Waals surface area contributed by atoms with Crippen molar-refractivity contribution in [3.63, 3.8) is 0 Å². The number of nitrogens with two attached hydrogens (primary N) is 1. The van der Waals surface area contributed by atoms with Crippen molar-refractivity contribution in [1.82, 2.24) is 0 Å². The molecular weight excluding hydrogens is 238 g/mol. The average molecular weight is 265 g/mol. The molecular formula is C12H27NO3S. The zero-order valence-electron chi connectivity index (χ0n) is 10.9. The van der Waals surface area contributed by atoms with Crippen LogP contribution in [0.4, 0.5) is 0 Å². The maximum Gasteiger partial charge on any atom is 0.267 e. The molecule has 0 saturated heterocycles. The van der Waals surface area contributed by atoms with Gasteiger partial charge in [-0.05, 0) is 25.8 Å². The standard InChI is InChI=1S/C12H27NO3S/c1-2-3-4-6-9-12(17(14,15)16)10-7-5-8-11-13/h12H,2-11,13H2,1H3,(H,14,15,16). The molecule has 0 radical (unpaired) electrons. The molecule has 0 aliphatic heterocycles. The van der Waals surface area contributed by atoms with Crippen LogP contribution in [0.25, 0.3) is 0 Å². The second-order valence-corrected chi connectivity index (χ2v) is 6.32. The van der Waals surface area contributed by atoms with Crippen LogP contribution in [0.5, 0.6) is 0 Å². The molecule has 104 valence electrons. The van der Waals surface area contributed by atoms with Crippen molar-refractivity contribution in [1.29, 1.82) is 0 Å². The van der Waals surface area contributed by atoms with Crippen molar-refractivity contribution in [3.05, 3.63) is 0 Å². The van der Waals surface area contributed by atoms with Gasteiger partial charge in [0.05, 0.1) is 5.25 Å². The first-order chi connectivity index (χ1) is 8.02. The van der Waals surface area contributed by atoms with Crippen molar-refractivity contribution in [3.8, 4) is 0 Å². The minimum Gasteiger partial charge on any atom is -0.330 e. The summed E-state index contributed by atoms with van der Waals surface area (Å²) in [4.78, 5) is 0. The molecule has 0 aromatic carbocycles. The molecule has 0 aromatic rings. The zero-order valence-corrected chi connectivity index (χ0v) is 11.7. The van der Waals surface area contributed by atoms with Crippen LogP contribution in [0, 0.1) is 0 Å². The van der Waals surface area contributed by atoms with Gasteiger partial charge in [-0.1, -0.05) is 45.4 Å². The predicted molar refractivity (Wildman–Crippen MR) is 71.6 cm³/mol. The third-order valence-corrected chi connectivity index (χ3v) is 4.34. The van der Waals surface area contributed by atoms with Crippen molar-refractivity contribution >= 4 is 10.1 Å². The first-order valence-electron chi connectivity index (χ1n) is 6.68. The topological polar surface area (TPSA) is 80.4 Å². The van der Waals surface area contributed by atoms with Gasteiger partial charge in [-0.15, -0.1) is 0 Å². The lowest BCUT2D eigenvalue weighted by molar-refractivity contribution is 0.444. The zero-order chi connectivity index (χ0) is 13.1. The van der Waals surface area contributed by atoms with E-state index in [0.717, 1.165) is 44.9 Å². The fourth-order valence-corrected chi connectivity index (χ4v) is 2.86. The molecule has 0 aromatic heterocycles. The van der Waals surface area contributed by atoms with E-state index >= 15 is 0 Å². The minimum atomic E-state index is -3.87. The van der Waals surface area contributed by atoms with E-state index in [9.17, 15) is 8.42 Å². The normalized spacial score (nSPS) is 13.8. The van der Waals surface area contributed by atoms with E-state index in [1.165, 1.54) is 0 Å². The van der Waals surface area contributed by atoms with Crippen LogP contribution in [-0.4, -0.2) is 24.8 Å². The molecule has 0 fully saturated rings. The van der Waals surface area contributed by atoms with Gasteiger partial charge >= 0.3 is 0 Å². The molecule has 0 amide bonds. The van der Waals surface area contributed by atoms with Crippen molar-refractivity contribution in [2.75, 3.05) is 6.54 Å². The van der Waals surface area contributed by atoms with Crippen LogP contribution in [0.2, 0.25) is 0 Å². The Hall–Kier alpha value is -0.130. The highest BCUT2D eigenvalue weighted by molar-refractivity contribution is 7.86. The molecule has 0 rings (SSSR count). The average Bonchev–Trinajstić information content (AvgIpc) is 2.25. The lowest BCUT2D eigenvalue weighted by Gasteiger charge is -2.13. The van der Waals surface area contributed by atoms with Gasteiger partial charge in [0.1, 0.15) is 0 Å². The monoisotopic (exact) mass is 265 g/mol. The summed E-state index contributed by atoms with van der Waals surface area (Å²) in [5.74, 6) is 0. The molecule has 0 bridgehead atoms. The number of hydrogen-bond donors (Lipinski definition) is 2. The Labute approximate surface area is 106 Å². The number of rotatable bonds is 11. The van der Waals surface area contributed by atoms with E-state index in [1.807, 2.05) is 0 Å². The van der Waals surface area contributed by atoms with Gasteiger partial charge < -0.3 is 5.73 Å². The lowest BCUT2D eigenvalue weighted by atomic mass is 10.1. The molecule has 0 spiro atoms. The second kappa shape index (κ2) is 9.85. The summed E-state index contributed by atoms with van der Waals surface area (Å²) in [5, 5.41) is -0.572. The van der Waals surface area contributed by atoms with Gasteiger partial charge in [0, 0.05) is 0 Å². The Morgan fingerprint density at radius 1 is 1.00 bits per heavy atom. The highest BCUT2D eigenvalue weighted by Crippen LogP contribution is 2.17. The molecule has 0 heterocycles. The first kappa shape index (κ1) is 16.9. The third-order valence-electron chi connectivity index (χ3n) is 3.03. The van der Waals surface area contributed by atoms with Gasteiger partial charge in [0.25, 0.3) is 10.1 Å². The Morgan fingerprint density at radius 2 is 1.53 bits per heavy atom. The van der Waals surface area contributed by atoms with E-state index in [1.54, 1.807) is 0 Å². The molecule has 0 saturated carbocycles. The van der Waals surface area contributed by atoms with E-state index < -0.39 is 15.4 Å². The minimum absolute atomic E-state index is 0.560. The van der Waals surface area contributed by atoms with Crippen LogP contribution in [0.15, 0.2) is 0 Å². The van der Waals surface area contributed by atoms with Gasteiger partial charge in [0.2, 0.25) is 0 Å². The molecule has 0 aliphatic rings. The smallest absolute Gasteiger partial charge is 0.267 e. The van der Waals surface area contributed by atoms with Crippen molar-refractivity contribution in [2.45, 2.75) is 70.0 Å². The fourth-order valence-electron chi connectivity index (χ4n) is 1.93. The Kier molecular flexibility index (Phi) is 9.78. The SMILES string of the molecule is CCCCCCC(CCCCCN)S(=O)(=O)O. The molecule has 1 atom stereocenters. The van der Waals surface area contributed by atoms with E-state index in [-0.39, 0.29) is 0 Å². The highest BCUT2D eigenvalue weighted by atomic mass is 32.2. The first-order valence-corrected chi connectivity index (χ1v) is 8.19. The third kappa shape index (κ3) is 9.56. The fraction of sp³-hybridized carbons (Fsp3) is 1.00. The van der Waals surface area contributed by atoms with Crippen LogP contribution in [0.1, 0.15) is 64.7 Å². The largest absolute Gasteiger partial charge is 0.330 e. The predicted octanol–water partition coefficient (Wildman–Crippen LogP) is 2.73. The van der Waals surface area contributed by atoms with Crippen LogP contribution < -0.4 is 5.73 Å². The molecule has 0 aliphatic carbocycles. The molecule has 5 heteroatoms. The molecule has 4 nitrogen and oxygen atoms in total. The summed E-state index contributed by atoms with van der Waals surface area (Å²) in [6, 6.07) is 0. The Balaban J connectivity index is 3.90. The Morgan fingerprint density at radius 3 is 1.94 bits per heavy atom. The summed E-state index contributed by atoms with van der Waals surface area (Å²) in [6.07, 6.45) is 8.03. The lowest BCUT2D eigenvalue weighted by Crippen LogP contribution is -2.20. The maximum atomic E-state index is 11.2. The summed E-state index contributed by atoms with van der Waals surface area (Å²) >= 11 is 0. The maximum absolute atomic E-state index is 11.2. The van der Waals surface area contributed by atoms with Gasteiger partial charge in [-0.2, -0.15) is 8.42 Å². The van der Waals surface area contributed by atoms with Crippen LogP contribution >= 0.6 is 0 Å². The number of unbranched alkanes of at least 4 members (excludes halogenated alkanes) is 5. The Bertz CT molecular complexity index is 253. The summed E-state index contributed by atoms with van der Waals surface area (Å²) < 4.78 is 31.5. The second-order valence-electron chi connectivity index (χ2n) is 4.62. The van der Waals surface area contributed by atoms with Gasteiger partial charge in [0.15, 0.2) is 0 Å². The van der Waals surface area contributed by atoms with Crippen LogP contribution in [0.3, 0.4) is 0 Å². The van der Waals surface area contributed by atoms with Crippen LogP contribution in [-0.2, 0) is 10.1 Å². The molecule has 1 unspecified atom stereocenters. The van der Waals surface area contributed by atoms with Gasteiger partial charge in [-0.3, -0.25) is 4.55 Å². The molecule has 17 heavy (non-hydrogen) atoms. The summed E-state index contributed by atoms with van der Waals surface area (Å²) in [5.41, 5.74) is 5.38. The molecule has 3 N–H and O–H groups in total. The van der Waals surface area contributed by atoms with Gasteiger partial charge in [-0.25, -0.2) is 0 Å².